The Morgan fingerprint density at radius 1 is 1.54 bits per heavy atom. The van der Waals surface area contributed by atoms with Crippen molar-refractivity contribution in [2.45, 2.75) is 26.5 Å². The first kappa shape index (κ1) is 9.80. The van der Waals surface area contributed by atoms with Gasteiger partial charge in [0, 0.05) is 11.4 Å². The smallest absolute Gasteiger partial charge is 0.248 e. The molecule has 0 aliphatic rings. The maximum absolute atomic E-state index is 10.6. The molecule has 0 fully saturated rings. The quantitative estimate of drug-likeness (QED) is 0.688. The summed E-state index contributed by atoms with van der Waals surface area (Å²) in [4.78, 5) is 10.6. The number of rotatable bonds is 3. The highest BCUT2D eigenvalue weighted by Gasteiger charge is 2.13. The molecule has 1 atom stereocenters. The van der Waals surface area contributed by atoms with Gasteiger partial charge in [0.25, 0.3) is 0 Å². The maximum Gasteiger partial charge on any atom is 0.248 e. The lowest BCUT2D eigenvalue weighted by Crippen LogP contribution is -2.32. The Hall–Kier alpha value is -1.29. The molecule has 0 bridgehead atoms. The van der Waals surface area contributed by atoms with Gasteiger partial charge in [0.15, 0.2) is 0 Å². The van der Waals surface area contributed by atoms with Crippen LogP contribution in [-0.2, 0) is 11.3 Å². The third-order valence-electron chi connectivity index (χ3n) is 2.10. The number of amides is 1. The van der Waals surface area contributed by atoms with E-state index in [1.165, 1.54) is 0 Å². The Labute approximate surface area is 77.0 Å². The molecule has 1 aromatic heterocycles. The Morgan fingerprint density at radius 3 is 2.38 bits per heavy atom. The number of hydrogen-bond donors (Lipinski definition) is 2. The van der Waals surface area contributed by atoms with E-state index in [1.54, 1.807) is 0 Å². The van der Waals surface area contributed by atoms with Crippen LogP contribution >= 0.6 is 0 Å². The minimum absolute atomic E-state index is 0.236. The van der Waals surface area contributed by atoms with Crippen LogP contribution in [0.15, 0.2) is 12.1 Å². The van der Waals surface area contributed by atoms with E-state index >= 15 is 0 Å². The van der Waals surface area contributed by atoms with Gasteiger partial charge in [0.2, 0.25) is 5.91 Å². The molecule has 1 amide bonds. The second-order valence-electron chi connectivity index (χ2n) is 3.14. The molecule has 0 spiro atoms. The van der Waals surface area contributed by atoms with Gasteiger partial charge in [0.05, 0.1) is 6.54 Å². The Bertz CT molecular complexity index is 298. The monoisotopic (exact) mass is 182 g/mol. The number of nitrogens with two attached hydrogens (primary N) is 1. The van der Waals surface area contributed by atoms with Crippen LogP contribution in [0.1, 0.15) is 11.4 Å². The van der Waals surface area contributed by atoms with Crippen molar-refractivity contribution >= 4 is 5.91 Å². The van der Waals surface area contributed by atoms with Crippen molar-refractivity contribution in [1.82, 2.24) is 4.57 Å². The first-order valence-electron chi connectivity index (χ1n) is 4.12. The summed E-state index contributed by atoms with van der Waals surface area (Å²) in [5, 5.41) is 9.25. The van der Waals surface area contributed by atoms with E-state index in [2.05, 4.69) is 0 Å². The molecule has 72 valence electrons. The summed E-state index contributed by atoms with van der Waals surface area (Å²) in [6, 6.07) is 3.87. The van der Waals surface area contributed by atoms with E-state index in [1.807, 2.05) is 30.5 Å². The van der Waals surface area contributed by atoms with Crippen molar-refractivity contribution in [2.75, 3.05) is 0 Å². The zero-order valence-electron chi connectivity index (χ0n) is 7.82. The summed E-state index contributed by atoms with van der Waals surface area (Å²) < 4.78 is 1.86. The van der Waals surface area contributed by atoms with Crippen LogP contribution < -0.4 is 5.73 Å². The second kappa shape index (κ2) is 3.62. The molecule has 13 heavy (non-hydrogen) atoms. The highest BCUT2D eigenvalue weighted by molar-refractivity contribution is 5.78. The van der Waals surface area contributed by atoms with Gasteiger partial charge in [-0.1, -0.05) is 0 Å². The predicted octanol–water partition coefficient (Wildman–Crippen LogP) is -0.0489. The number of carbonyl (C=O) groups excluding carboxylic acids is 1. The minimum atomic E-state index is -1.11. The zero-order chi connectivity index (χ0) is 10.0. The van der Waals surface area contributed by atoms with Gasteiger partial charge in [-0.05, 0) is 26.0 Å². The van der Waals surface area contributed by atoms with Crippen LogP contribution in [0.4, 0.5) is 0 Å². The highest BCUT2D eigenvalue weighted by Crippen LogP contribution is 2.07. The number of carbonyl (C=O) groups is 1. The molecule has 1 heterocycles. The van der Waals surface area contributed by atoms with Gasteiger partial charge < -0.3 is 15.4 Å². The molecule has 0 aliphatic heterocycles. The van der Waals surface area contributed by atoms with Crippen LogP contribution in [0.3, 0.4) is 0 Å². The molecule has 0 saturated carbocycles. The van der Waals surface area contributed by atoms with Gasteiger partial charge in [-0.2, -0.15) is 0 Å². The van der Waals surface area contributed by atoms with Gasteiger partial charge in [-0.25, -0.2) is 0 Å². The third kappa shape index (κ3) is 2.09. The van der Waals surface area contributed by atoms with E-state index in [4.69, 9.17) is 5.73 Å². The second-order valence-corrected chi connectivity index (χ2v) is 3.14. The lowest BCUT2D eigenvalue weighted by atomic mass is 10.3. The van der Waals surface area contributed by atoms with Gasteiger partial charge in [0.1, 0.15) is 6.10 Å². The molecule has 4 heteroatoms. The summed E-state index contributed by atoms with van der Waals surface area (Å²) in [5.74, 6) is -0.687. The van der Waals surface area contributed by atoms with Crippen LogP contribution in [-0.4, -0.2) is 21.7 Å². The molecule has 3 N–H and O–H groups in total. The maximum atomic E-state index is 10.6. The molecular weight excluding hydrogens is 168 g/mol. The third-order valence-corrected chi connectivity index (χ3v) is 2.10. The van der Waals surface area contributed by atoms with Crippen LogP contribution in [0, 0.1) is 13.8 Å². The van der Waals surface area contributed by atoms with E-state index in [9.17, 15) is 9.90 Å². The van der Waals surface area contributed by atoms with Crippen molar-refractivity contribution in [3.8, 4) is 0 Å². The van der Waals surface area contributed by atoms with Gasteiger partial charge in [-0.3, -0.25) is 4.79 Å². The molecule has 1 aromatic rings. The fourth-order valence-corrected chi connectivity index (χ4v) is 1.25. The molecule has 1 unspecified atom stereocenters. The molecule has 4 nitrogen and oxygen atoms in total. The summed E-state index contributed by atoms with van der Waals surface area (Å²) in [5.41, 5.74) is 6.97. The number of nitrogens with zero attached hydrogens (tertiary/aromatic N) is 1. The topological polar surface area (TPSA) is 68.2 Å². The van der Waals surface area contributed by atoms with Crippen LogP contribution in [0.5, 0.6) is 0 Å². The first-order chi connectivity index (χ1) is 6.02. The van der Waals surface area contributed by atoms with Crippen molar-refractivity contribution in [3.05, 3.63) is 23.5 Å². The Balaban J connectivity index is 2.79. The zero-order valence-corrected chi connectivity index (χ0v) is 7.82. The van der Waals surface area contributed by atoms with Crippen molar-refractivity contribution < 1.29 is 9.90 Å². The fourth-order valence-electron chi connectivity index (χ4n) is 1.25. The highest BCUT2D eigenvalue weighted by atomic mass is 16.3. The molecule has 0 radical (unpaired) electrons. The van der Waals surface area contributed by atoms with Gasteiger partial charge in [-0.15, -0.1) is 0 Å². The standard InChI is InChI=1S/C9H14N2O2/c1-6-3-4-7(2)11(6)5-8(12)9(10)13/h3-4,8,12H,5H2,1-2H3,(H2,10,13). The number of hydrogen-bond acceptors (Lipinski definition) is 2. The minimum Gasteiger partial charge on any atom is -0.381 e. The lowest BCUT2D eigenvalue weighted by Gasteiger charge is -2.11. The average molecular weight is 182 g/mol. The lowest BCUT2D eigenvalue weighted by molar-refractivity contribution is -0.126. The molecular formula is C9H14N2O2. The molecule has 0 saturated heterocycles. The number of aryl methyl sites for hydroxylation is 2. The largest absolute Gasteiger partial charge is 0.381 e. The molecule has 0 aliphatic carbocycles. The van der Waals surface area contributed by atoms with Crippen molar-refractivity contribution in [3.63, 3.8) is 0 Å². The molecule has 0 aromatic carbocycles. The fraction of sp³-hybridized carbons (Fsp3) is 0.444. The Kier molecular flexibility index (Phi) is 2.72. The normalized spacial score (nSPS) is 12.8. The van der Waals surface area contributed by atoms with E-state index in [0.717, 1.165) is 11.4 Å². The van der Waals surface area contributed by atoms with Crippen molar-refractivity contribution in [1.29, 1.82) is 0 Å². The number of primary amides is 1. The summed E-state index contributed by atoms with van der Waals surface area (Å²) in [7, 11) is 0. The van der Waals surface area contributed by atoms with Crippen molar-refractivity contribution in [2.24, 2.45) is 5.73 Å². The number of aromatic nitrogens is 1. The van der Waals surface area contributed by atoms with Gasteiger partial charge >= 0.3 is 0 Å². The molecule has 1 rings (SSSR count). The summed E-state index contributed by atoms with van der Waals surface area (Å²) in [6.07, 6.45) is -1.11. The van der Waals surface area contributed by atoms with E-state index in [0.29, 0.717) is 0 Å². The SMILES string of the molecule is Cc1ccc(C)n1CC(O)C(N)=O. The van der Waals surface area contributed by atoms with E-state index in [-0.39, 0.29) is 6.54 Å². The average Bonchev–Trinajstić information content (AvgIpc) is 2.35. The summed E-state index contributed by atoms with van der Waals surface area (Å²) in [6.45, 7) is 4.07. The van der Waals surface area contributed by atoms with E-state index < -0.39 is 12.0 Å². The first-order valence-corrected chi connectivity index (χ1v) is 4.12. The Morgan fingerprint density at radius 2 is 2.00 bits per heavy atom. The predicted molar refractivity (Wildman–Crippen MR) is 49.1 cm³/mol. The summed E-state index contributed by atoms with van der Waals surface area (Å²) >= 11 is 0. The van der Waals surface area contributed by atoms with Crippen LogP contribution in [0.2, 0.25) is 0 Å². The number of aliphatic hydroxyl groups is 1. The van der Waals surface area contributed by atoms with Crippen LogP contribution in [0.25, 0.3) is 0 Å². The number of aliphatic hydroxyl groups excluding tert-OH is 1.